The van der Waals surface area contributed by atoms with Crippen molar-refractivity contribution in [1.82, 2.24) is 5.32 Å². The van der Waals surface area contributed by atoms with Crippen LogP contribution in [0.5, 0.6) is 5.75 Å². The van der Waals surface area contributed by atoms with E-state index in [4.69, 9.17) is 5.11 Å². The number of phenolic OH excluding ortho intramolecular Hbond substituents is 1. The molecule has 0 saturated carbocycles. The smallest absolute Gasteiger partial charge is 0.115 e. The normalized spacial score (nSPS) is 27.8. The van der Waals surface area contributed by atoms with Gasteiger partial charge >= 0.3 is 0 Å². The number of hydrogen-bond acceptors (Lipinski definition) is 2. The highest BCUT2D eigenvalue weighted by atomic mass is 16.3. The average Bonchev–Trinajstić information content (AvgIpc) is 2.54. The molecule has 1 heterocycles. The number of aromatic hydroxyl groups is 1. The molecule has 1 saturated heterocycles. The van der Waals surface area contributed by atoms with E-state index in [0.717, 1.165) is 6.54 Å². The first-order valence-electron chi connectivity index (χ1n) is 4.75. The second-order valence-corrected chi connectivity index (χ2v) is 3.91. The van der Waals surface area contributed by atoms with Gasteiger partial charge in [-0.1, -0.05) is 12.1 Å². The molecule has 2 heteroatoms. The van der Waals surface area contributed by atoms with Gasteiger partial charge in [0.2, 0.25) is 0 Å². The van der Waals surface area contributed by atoms with Gasteiger partial charge in [-0.2, -0.15) is 0 Å². The van der Waals surface area contributed by atoms with E-state index in [9.17, 15) is 0 Å². The molecule has 13 heavy (non-hydrogen) atoms. The van der Waals surface area contributed by atoms with E-state index in [1.54, 1.807) is 12.1 Å². The average molecular weight is 177 g/mol. The topological polar surface area (TPSA) is 32.3 Å². The minimum absolute atomic E-state index is 0.119. The van der Waals surface area contributed by atoms with Gasteiger partial charge in [0.25, 0.3) is 0 Å². The number of hydrogen-bond donors (Lipinski definition) is 2. The zero-order valence-electron chi connectivity index (χ0n) is 7.88. The van der Waals surface area contributed by atoms with Crippen molar-refractivity contribution in [3.63, 3.8) is 0 Å². The van der Waals surface area contributed by atoms with Gasteiger partial charge in [0, 0.05) is 5.54 Å². The van der Waals surface area contributed by atoms with Crippen LogP contribution in [0.2, 0.25) is 0 Å². The summed E-state index contributed by atoms with van der Waals surface area (Å²) in [6, 6.07) is 7.49. The molecule has 70 valence electrons. The van der Waals surface area contributed by atoms with Crippen LogP contribution in [0, 0.1) is 0 Å². The van der Waals surface area contributed by atoms with Crippen LogP contribution in [-0.4, -0.2) is 11.7 Å². The third-order valence-electron chi connectivity index (χ3n) is 2.87. The molecule has 0 aromatic heterocycles. The van der Waals surface area contributed by atoms with E-state index in [0.29, 0.717) is 5.75 Å². The Labute approximate surface area is 78.6 Å². The summed E-state index contributed by atoms with van der Waals surface area (Å²) in [7, 11) is 0. The van der Waals surface area contributed by atoms with Crippen LogP contribution >= 0.6 is 0 Å². The van der Waals surface area contributed by atoms with E-state index >= 15 is 0 Å². The minimum atomic E-state index is 0.119. The fraction of sp³-hybridized carbons (Fsp3) is 0.455. The highest BCUT2D eigenvalue weighted by Crippen LogP contribution is 2.30. The standard InChI is InChI=1S/C11H15NO/c1-11(7-2-8-12-11)9-3-5-10(13)6-4-9/h3-6,12-13H,2,7-8H2,1H3. The summed E-state index contributed by atoms with van der Waals surface area (Å²) in [6.07, 6.45) is 2.41. The van der Waals surface area contributed by atoms with E-state index in [1.807, 2.05) is 12.1 Å². The van der Waals surface area contributed by atoms with Crippen LogP contribution in [0.1, 0.15) is 25.3 Å². The zero-order valence-corrected chi connectivity index (χ0v) is 7.88. The summed E-state index contributed by atoms with van der Waals surface area (Å²) in [5, 5.41) is 12.7. The Morgan fingerprint density at radius 3 is 2.54 bits per heavy atom. The first kappa shape index (κ1) is 8.57. The van der Waals surface area contributed by atoms with Crippen LogP contribution < -0.4 is 5.32 Å². The fourth-order valence-corrected chi connectivity index (χ4v) is 1.97. The van der Waals surface area contributed by atoms with Crippen molar-refractivity contribution < 1.29 is 5.11 Å². The molecular weight excluding hydrogens is 162 g/mol. The number of nitrogens with one attached hydrogen (secondary N) is 1. The van der Waals surface area contributed by atoms with Crippen molar-refractivity contribution in [2.45, 2.75) is 25.3 Å². The molecule has 2 N–H and O–H groups in total. The lowest BCUT2D eigenvalue weighted by Crippen LogP contribution is -2.32. The van der Waals surface area contributed by atoms with Crippen LogP contribution in [0.25, 0.3) is 0 Å². The van der Waals surface area contributed by atoms with Gasteiger partial charge < -0.3 is 10.4 Å². The summed E-state index contributed by atoms with van der Waals surface area (Å²) < 4.78 is 0. The first-order chi connectivity index (χ1) is 6.21. The molecule has 0 amide bonds. The van der Waals surface area contributed by atoms with Gasteiger partial charge in [-0.15, -0.1) is 0 Å². The van der Waals surface area contributed by atoms with Gasteiger partial charge in [-0.25, -0.2) is 0 Å². The maximum absolute atomic E-state index is 9.16. The molecule has 2 rings (SSSR count). The van der Waals surface area contributed by atoms with Crippen molar-refractivity contribution in [2.75, 3.05) is 6.54 Å². The van der Waals surface area contributed by atoms with Crippen molar-refractivity contribution in [2.24, 2.45) is 0 Å². The minimum Gasteiger partial charge on any atom is -0.508 e. The molecule has 0 radical (unpaired) electrons. The van der Waals surface area contributed by atoms with Crippen molar-refractivity contribution in [1.29, 1.82) is 0 Å². The van der Waals surface area contributed by atoms with Crippen LogP contribution in [-0.2, 0) is 5.54 Å². The van der Waals surface area contributed by atoms with Crippen molar-refractivity contribution >= 4 is 0 Å². The van der Waals surface area contributed by atoms with E-state index in [1.165, 1.54) is 18.4 Å². The molecule has 0 spiro atoms. The lowest BCUT2D eigenvalue weighted by molar-refractivity contribution is 0.432. The van der Waals surface area contributed by atoms with Gasteiger partial charge in [-0.3, -0.25) is 0 Å². The van der Waals surface area contributed by atoms with Gasteiger partial charge in [0.15, 0.2) is 0 Å². The molecule has 1 aromatic rings. The summed E-state index contributed by atoms with van der Waals surface area (Å²) in [4.78, 5) is 0. The highest BCUT2D eigenvalue weighted by molar-refractivity contribution is 5.31. The molecule has 1 fully saturated rings. The molecule has 0 aliphatic carbocycles. The van der Waals surface area contributed by atoms with Gasteiger partial charge in [-0.05, 0) is 44.0 Å². The summed E-state index contributed by atoms with van der Waals surface area (Å²) in [6.45, 7) is 3.31. The summed E-state index contributed by atoms with van der Waals surface area (Å²) in [5.74, 6) is 0.338. The van der Waals surface area contributed by atoms with Crippen LogP contribution in [0.15, 0.2) is 24.3 Å². The summed E-state index contributed by atoms with van der Waals surface area (Å²) in [5.41, 5.74) is 1.39. The second kappa shape index (κ2) is 3.04. The molecule has 1 atom stereocenters. The largest absolute Gasteiger partial charge is 0.508 e. The van der Waals surface area contributed by atoms with Crippen molar-refractivity contribution in [3.05, 3.63) is 29.8 Å². The quantitative estimate of drug-likeness (QED) is 0.687. The Balaban J connectivity index is 2.29. The number of phenols is 1. The zero-order chi connectivity index (χ0) is 9.31. The third kappa shape index (κ3) is 1.54. The lowest BCUT2D eigenvalue weighted by Gasteiger charge is -2.24. The first-order valence-corrected chi connectivity index (χ1v) is 4.75. The van der Waals surface area contributed by atoms with Crippen molar-refractivity contribution in [3.8, 4) is 5.75 Å². The SMILES string of the molecule is CC1(c2ccc(O)cc2)CCCN1. The highest BCUT2D eigenvalue weighted by Gasteiger charge is 2.29. The monoisotopic (exact) mass is 177 g/mol. The maximum Gasteiger partial charge on any atom is 0.115 e. The van der Waals surface area contributed by atoms with E-state index < -0.39 is 0 Å². The Kier molecular flexibility index (Phi) is 2.00. The molecule has 1 aliphatic rings. The Bertz CT molecular complexity index is 285. The maximum atomic E-state index is 9.16. The molecular formula is C11H15NO. The van der Waals surface area contributed by atoms with Crippen LogP contribution in [0.4, 0.5) is 0 Å². The molecule has 1 unspecified atom stereocenters. The lowest BCUT2D eigenvalue weighted by atomic mass is 9.91. The Morgan fingerprint density at radius 2 is 2.00 bits per heavy atom. The predicted octanol–water partition coefficient (Wildman–Crippen LogP) is 1.99. The Hall–Kier alpha value is -1.02. The van der Waals surface area contributed by atoms with E-state index in [2.05, 4.69) is 12.2 Å². The second-order valence-electron chi connectivity index (χ2n) is 3.91. The van der Waals surface area contributed by atoms with E-state index in [-0.39, 0.29) is 5.54 Å². The van der Waals surface area contributed by atoms with Gasteiger partial charge in [0.1, 0.15) is 5.75 Å². The van der Waals surface area contributed by atoms with Crippen LogP contribution in [0.3, 0.4) is 0 Å². The number of rotatable bonds is 1. The molecule has 0 bridgehead atoms. The molecule has 1 aliphatic heterocycles. The number of benzene rings is 1. The fourth-order valence-electron chi connectivity index (χ4n) is 1.97. The molecule has 1 aromatic carbocycles. The molecule has 2 nitrogen and oxygen atoms in total. The summed E-state index contributed by atoms with van der Waals surface area (Å²) >= 11 is 0. The Morgan fingerprint density at radius 1 is 1.31 bits per heavy atom. The van der Waals surface area contributed by atoms with Gasteiger partial charge in [0.05, 0.1) is 0 Å². The third-order valence-corrected chi connectivity index (χ3v) is 2.87. The predicted molar refractivity (Wildman–Crippen MR) is 52.7 cm³/mol.